The molecule has 156 valence electrons. The highest BCUT2D eigenvalue weighted by Gasteiger charge is 2.51. The van der Waals surface area contributed by atoms with Crippen molar-refractivity contribution in [1.29, 1.82) is 0 Å². The molecule has 0 saturated carbocycles. The molecule has 1 aromatic rings. The lowest BCUT2D eigenvalue weighted by Crippen LogP contribution is -2.57. The third-order valence-corrected chi connectivity index (χ3v) is 6.11. The molecule has 1 aromatic carbocycles. The Hall–Kier alpha value is -2.45. The van der Waals surface area contributed by atoms with Crippen molar-refractivity contribution in [1.82, 2.24) is 14.7 Å². The summed E-state index contributed by atoms with van der Waals surface area (Å²) in [5.74, 6) is -0.896. The van der Waals surface area contributed by atoms with Crippen LogP contribution in [0, 0.1) is 5.92 Å². The Morgan fingerprint density at radius 3 is 2.59 bits per heavy atom. The first-order valence-corrected chi connectivity index (χ1v) is 10.1. The standard InChI is InChI=1S/C21H27N3O5/c1-28-21(27)17-11-16-12-23(18(25)13-22-7-9-29-10-8-22)14-19(26)24(16)20(17)15-5-3-2-4-6-15/h2-6,16-17,20H,7-14H2,1H3/t16-,17-,20-/m0/s1. The molecule has 0 unspecified atom stereocenters. The number of carbonyl (C=O) groups excluding carboxylic acids is 3. The molecular weight excluding hydrogens is 374 g/mol. The van der Waals surface area contributed by atoms with Crippen LogP contribution in [0.2, 0.25) is 0 Å². The van der Waals surface area contributed by atoms with Gasteiger partial charge in [0, 0.05) is 19.6 Å². The molecule has 0 radical (unpaired) electrons. The number of methoxy groups -OCH3 is 1. The number of carbonyl (C=O) groups is 3. The largest absolute Gasteiger partial charge is 0.469 e. The minimum absolute atomic E-state index is 0.0438. The molecule has 3 aliphatic heterocycles. The first-order valence-electron chi connectivity index (χ1n) is 10.1. The van der Waals surface area contributed by atoms with Gasteiger partial charge in [-0.05, 0) is 12.0 Å². The molecule has 8 heteroatoms. The van der Waals surface area contributed by atoms with Gasteiger partial charge in [-0.2, -0.15) is 0 Å². The van der Waals surface area contributed by atoms with Crippen LogP contribution in [-0.2, 0) is 23.9 Å². The molecule has 3 atom stereocenters. The highest BCUT2D eigenvalue weighted by atomic mass is 16.5. The number of hydrogen-bond acceptors (Lipinski definition) is 6. The van der Waals surface area contributed by atoms with Gasteiger partial charge in [0.25, 0.3) is 0 Å². The van der Waals surface area contributed by atoms with E-state index < -0.39 is 5.92 Å². The van der Waals surface area contributed by atoms with Crippen molar-refractivity contribution in [3.05, 3.63) is 35.9 Å². The predicted octanol–water partition coefficient (Wildman–Crippen LogP) is 0.292. The average molecular weight is 401 g/mol. The number of morpholine rings is 1. The third kappa shape index (κ3) is 4.00. The van der Waals surface area contributed by atoms with Crippen molar-refractivity contribution >= 4 is 17.8 Å². The van der Waals surface area contributed by atoms with E-state index >= 15 is 0 Å². The van der Waals surface area contributed by atoms with Crippen molar-refractivity contribution in [2.24, 2.45) is 5.92 Å². The van der Waals surface area contributed by atoms with Crippen LogP contribution in [0.15, 0.2) is 30.3 Å². The molecule has 3 heterocycles. The number of nitrogens with zero attached hydrogens (tertiary/aromatic N) is 3. The highest BCUT2D eigenvalue weighted by molar-refractivity contribution is 5.88. The summed E-state index contributed by atoms with van der Waals surface area (Å²) in [7, 11) is 1.38. The molecule has 0 bridgehead atoms. The number of amides is 2. The fourth-order valence-electron chi connectivity index (χ4n) is 4.70. The van der Waals surface area contributed by atoms with Gasteiger partial charge in [0.15, 0.2) is 0 Å². The number of ether oxygens (including phenoxy) is 2. The smallest absolute Gasteiger partial charge is 0.311 e. The predicted molar refractivity (Wildman–Crippen MR) is 104 cm³/mol. The Morgan fingerprint density at radius 2 is 1.90 bits per heavy atom. The van der Waals surface area contributed by atoms with Crippen LogP contribution < -0.4 is 0 Å². The van der Waals surface area contributed by atoms with Crippen molar-refractivity contribution in [2.75, 3.05) is 53.0 Å². The van der Waals surface area contributed by atoms with Crippen LogP contribution in [0.4, 0.5) is 0 Å². The second-order valence-electron chi connectivity index (χ2n) is 7.84. The topological polar surface area (TPSA) is 79.4 Å². The average Bonchev–Trinajstić information content (AvgIpc) is 3.14. The van der Waals surface area contributed by atoms with E-state index in [0.717, 1.165) is 18.7 Å². The normalized spacial score (nSPS) is 27.6. The Morgan fingerprint density at radius 1 is 1.17 bits per heavy atom. The summed E-state index contributed by atoms with van der Waals surface area (Å²) in [6, 6.07) is 9.07. The summed E-state index contributed by atoms with van der Waals surface area (Å²) in [6.07, 6.45) is 0.499. The molecule has 2 amide bonds. The maximum absolute atomic E-state index is 13.1. The maximum Gasteiger partial charge on any atom is 0.311 e. The molecule has 0 spiro atoms. The van der Waals surface area contributed by atoms with Gasteiger partial charge in [0.05, 0.1) is 51.4 Å². The number of benzene rings is 1. The molecule has 0 aliphatic carbocycles. The van der Waals surface area contributed by atoms with Gasteiger partial charge in [-0.3, -0.25) is 19.3 Å². The third-order valence-electron chi connectivity index (χ3n) is 6.11. The molecule has 29 heavy (non-hydrogen) atoms. The van der Waals surface area contributed by atoms with Crippen molar-refractivity contribution in [2.45, 2.75) is 18.5 Å². The maximum atomic E-state index is 13.1. The summed E-state index contributed by atoms with van der Waals surface area (Å²) < 4.78 is 10.4. The number of fused-ring (bicyclic) bond motifs is 1. The summed E-state index contributed by atoms with van der Waals surface area (Å²) in [5, 5.41) is 0. The number of hydrogen-bond donors (Lipinski definition) is 0. The van der Waals surface area contributed by atoms with Gasteiger partial charge < -0.3 is 19.3 Å². The van der Waals surface area contributed by atoms with Crippen LogP contribution in [0.5, 0.6) is 0 Å². The zero-order chi connectivity index (χ0) is 20.4. The first-order chi connectivity index (χ1) is 14.1. The number of piperazine rings is 1. The highest BCUT2D eigenvalue weighted by Crippen LogP contribution is 2.43. The van der Waals surface area contributed by atoms with Crippen molar-refractivity contribution in [3.8, 4) is 0 Å². The second kappa shape index (κ2) is 8.51. The lowest BCUT2D eigenvalue weighted by Gasteiger charge is -2.40. The zero-order valence-corrected chi connectivity index (χ0v) is 16.7. The van der Waals surface area contributed by atoms with E-state index in [-0.39, 0.29) is 36.4 Å². The minimum atomic E-state index is -0.425. The van der Waals surface area contributed by atoms with Crippen LogP contribution in [0.25, 0.3) is 0 Å². The van der Waals surface area contributed by atoms with Crippen LogP contribution in [0.3, 0.4) is 0 Å². The molecular formula is C21H27N3O5. The molecule has 4 rings (SSSR count). The summed E-state index contributed by atoms with van der Waals surface area (Å²) in [5.41, 5.74) is 0.923. The van der Waals surface area contributed by atoms with Crippen molar-refractivity contribution in [3.63, 3.8) is 0 Å². The van der Waals surface area contributed by atoms with E-state index in [4.69, 9.17) is 9.47 Å². The van der Waals surface area contributed by atoms with Gasteiger partial charge in [-0.25, -0.2) is 0 Å². The van der Waals surface area contributed by atoms with Gasteiger partial charge in [0.1, 0.15) is 0 Å². The van der Waals surface area contributed by atoms with Gasteiger partial charge >= 0.3 is 5.97 Å². The zero-order valence-electron chi connectivity index (χ0n) is 16.7. The van der Waals surface area contributed by atoms with Gasteiger partial charge in [0.2, 0.25) is 11.8 Å². The molecule has 3 aliphatic rings. The second-order valence-corrected chi connectivity index (χ2v) is 7.84. The Kier molecular flexibility index (Phi) is 5.82. The molecule has 0 N–H and O–H groups in total. The molecule has 0 aromatic heterocycles. The van der Waals surface area contributed by atoms with Gasteiger partial charge in [-0.15, -0.1) is 0 Å². The van der Waals surface area contributed by atoms with E-state index in [2.05, 4.69) is 4.90 Å². The number of esters is 1. The molecule has 3 fully saturated rings. The van der Waals surface area contributed by atoms with E-state index in [1.54, 1.807) is 9.80 Å². The van der Waals surface area contributed by atoms with Crippen molar-refractivity contribution < 1.29 is 23.9 Å². The minimum Gasteiger partial charge on any atom is -0.469 e. The van der Waals surface area contributed by atoms with Crippen LogP contribution >= 0.6 is 0 Å². The first kappa shape index (κ1) is 19.8. The molecule has 3 saturated heterocycles. The summed E-state index contributed by atoms with van der Waals surface area (Å²) in [6.45, 7) is 3.51. The molecule has 8 nitrogen and oxygen atoms in total. The van der Waals surface area contributed by atoms with E-state index in [1.165, 1.54) is 7.11 Å². The van der Waals surface area contributed by atoms with Crippen LogP contribution in [0.1, 0.15) is 18.0 Å². The Balaban J connectivity index is 1.51. The van der Waals surface area contributed by atoms with Gasteiger partial charge in [-0.1, -0.05) is 30.3 Å². The SMILES string of the molecule is COC(=O)[C@H]1C[C@H]2CN(C(=O)CN3CCOCC3)CC(=O)N2[C@H]1c1ccccc1. The quantitative estimate of drug-likeness (QED) is 0.675. The van der Waals surface area contributed by atoms with E-state index in [0.29, 0.717) is 32.7 Å². The Labute approximate surface area is 170 Å². The monoisotopic (exact) mass is 401 g/mol. The fourth-order valence-corrected chi connectivity index (χ4v) is 4.70. The number of rotatable bonds is 4. The lowest BCUT2D eigenvalue weighted by atomic mass is 9.93. The van der Waals surface area contributed by atoms with E-state index in [1.807, 2.05) is 30.3 Å². The summed E-state index contributed by atoms with van der Waals surface area (Å²) >= 11 is 0. The fraction of sp³-hybridized carbons (Fsp3) is 0.571. The van der Waals surface area contributed by atoms with Crippen LogP contribution in [-0.4, -0.2) is 91.6 Å². The lowest BCUT2D eigenvalue weighted by molar-refractivity contribution is -0.151. The Bertz CT molecular complexity index is 765. The van der Waals surface area contributed by atoms with E-state index in [9.17, 15) is 14.4 Å². The summed E-state index contributed by atoms with van der Waals surface area (Å²) in [4.78, 5) is 43.8.